The lowest BCUT2D eigenvalue weighted by Gasteiger charge is -2.06. The van der Waals surface area contributed by atoms with Crippen LogP contribution in [0.1, 0.15) is 11.6 Å². The zero-order chi connectivity index (χ0) is 8.10. The predicted octanol–water partition coefficient (Wildman–Crippen LogP) is 0.301. The molecule has 0 aromatic heterocycles. The van der Waals surface area contributed by atoms with Crippen LogP contribution in [0.15, 0.2) is 30.3 Å². The summed E-state index contributed by atoms with van der Waals surface area (Å²) in [5.41, 5.74) is 3.17. The summed E-state index contributed by atoms with van der Waals surface area (Å²) in [4.78, 5) is 10.3. The summed E-state index contributed by atoms with van der Waals surface area (Å²) >= 11 is 0. The lowest BCUT2D eigenvalue weighted by Crippen LogP contribution is -2.28. The van der Waals surface area contributed by atoms with Gasteiger partial charge < -0.3 is 0 Å². The normalized spacial score (nSPS) is 12.5. The van der Waals surface area contributed by atoms with Crippen molar-refractivity contribution < 1.29 is 4.79 Å². The Morgan fingerprint density at radius 1 is 1.36 bits per heavy atom. The maximum atomic E-state index is 10.3. The molecule has 0 saturated carbocycles. The summed E-state index contributed by atoms with van der Waals surface area (Å²) in [6.07, 6.45) is 1.78. The molecule has 1 aromatic carbocycles. The number of benzene rings is 1. The Hall–Kier alpha value is -1.19. The van der Waals surface area contributed by atoms with Crippen molar-refractivity contribution >= 4 is 6.29 Å². The van der Waals surface area contributed by atoms with E-state index in [1.165, 1.54) is 0 Å². The van der Waals surface area contributed by atoms with Crippen molar-refractivity contribution in [2.24, 2.45) is 5.84 Å². The van der Waals surface area contributed by atoms with E-state index in [0.717, 1.165) is 5.56 Å². The molecule has 1 aromatic rings. The molecule has 0 saturated heterocycles. The molecule has 0 spiro atoms. The fraction of sp³-hybridized carbons (Fsp3) is 0.125. The molecule has 0 fully saturated rings. The highest BCUT2D eigenvalue weighted by molar-refractivity contribution is 5.61. The number of carbonyl (C=O) groups excluding carboxylic acids is 1. The summed E-state index contributed by atoms with van der Waals surface area (Å²) in [5.74, 6) is 5.10. The molecule has 1 atom stereocenters. The lowest BCUT2D eigenvalue weighted by molar-refractivity contribution is 0.525. The van der Waals surface area contributed by atoms with E-state index in [1.54, 1.807) is 6.29 Å². The molecule has 57 valence electrons. The van der Waals surface area contributed by atoms with Gasteiger partial charge in [0.1, 0.15) is 6.04 Å². The van der Waals surface area contributed by atoms with Gasteiger partial charge in [0.05, 0.1) is 0 Å². The zero-order valence-electron chi connectivity index (χ0n) is 5.95. The number of nitrogens with one attached hydrogen (secondary N) is 1. The van der Waals surface area contributed by atoms with Gasteiger partial charge >= 0.3 is 0 Å². The van der Waals surface area contributed by atoms with Crippen molar-refractivity contribution in [1.29, 1.82) is 0 Å². The first-order chi connectivity index (χ1) is 5.38. The average molecular weight is 149 g/mol. The number of hydrogen-bond donors (Lipinski definition) is 2. The van der Waals surface area contributed by atoms with Crippen LogP contribution >= 0.6 is 0 Å². The van der Waals surface area contributed by atoms with Crippen molar-refractivity contribution in [2.75, 3.05) is 0 Å². The van der Waals surface area contributed by atoms with Gasteiger partial charge in [-0.25, -0.2) is 5.43 Å². The van der Waals surface area contributed by atoms with E-state index < -0.39 is 6.04 Å². The SMILES string of the molecule is NNC([C]=O)c1ccccc1. The largest absolute Gasteiger partial charge is 0.289 e. The Labute approximate surface area is 65.2 Å². The molecule has 3 nitrogen and oxygen atoms in total. The summed E-state index contributed by atoms with van der Waals surface area (Å²) < 4.78 is 0. The van der Waals surface area contributed by atoms with E-state index in [0.29, 0.717) is 0 Å². The quantitative estimate of drug-likeness (QED) is 0.480. The zero-order valence-corrected chi connectivity index (χ0v) is 5.95. The van der Waals surface area contributed by atoms with Crippen molar-refractivity contribution in [3.05, 3.63) is 35.9 Å². The highest BCUT2D eigenvalue weighted by Crippen LogP contribution is 2.07. The summed E-state index contributed by atoms with van der Waals surface area (Å²) in [6.45, 7) is 0. The van der Waals surface area contributed by atoms with Gasteiger partial charge in [-0.3, -0.25) is 10.6 Å². The minimum absolute atomic E-state index is 0.517. The Morgan fingerprint density at radius 3 is 2.45 bits per heavy atom. The van der Waals surface area contributed by atoms with Crippen molar-refractivity contribution in [3.63, 3.8) is 0 Å². The van der Waals surface area contributed by atoms with Crippen molar-refractivity contribution in [3.8, 4) is 0 Å². The third-order valence-electron chi connectivity index (χ3n) is 1.42. The molecule has 1 rings (SSSR count). The van der Waals surface area contributed by atoms with E-state index in [-0.39, 0.29) is 0 Å². The third-order valence-corrected chi connectivity index (χ3v) is 1.42. The van der Waals surface area contributed by atoms with Crippen LogP contribution in [-0.2, 0) is 4.79 Å². The summed E-state index contributed by atoms with van der Waals surface area (Å²) in [6, 6.07) is 8.68. The molecule has 3 heteroatoms. The monoisotopic (exact) mass is 149 g/mol. The molecule has 3 N–H and O–H groups in total. The number of hydrazine groups is 1. The lowest BCUT2D eigenvalue weighted by atomic mass is 10.1. The number of rotatable bonds is 3. The Morgan fingerprint density at radius 2 is 2.00 bits per heavy atom. The minimum Gasteiger partial charge on any atom is -0.289 e. The van der Waals surface area contributed by atoms with Gasteiger partial charge in [0.2, 0.25) is 6.29 Å². The Bertz CT molecular complexity index is 223. The highest BCUT2D eigenvalue weighted by atomic mass is 16.1. The van der Waals surface area contributed by atoms with Crippen molar-refractivity contribution in [1.82, 2.24) is 5.43 Å². The molecule has 11 heavy (non-hydrogen) atoms. The van der Waals surface area contributed by atoms with Crippen molar-refractivity contribution in [2.45, 2.75) is 6.04 Å². The molecular formula is C8H9N2O. The molecular weight excluding hydrogens is 140 g/mol. The standard InChI is InChI=1S/C8H9N2O/c9-10-8(6-11)7-4-2-1-3-5-7/h1-5,8,10H,9H2. The third kappa shape index (κ3) is 1.86. The predicted molar refractivity (Wildman–Crippen MR) is 42.2 cm³/mol. The summed E-state index contributed by atoms with van der Waals surface area (Å²) in [5, 5.41) is 0. The minimum atomic E-state index is -0.517. The molecule has 1 unspecified atom stereocenters. The van der Waals surface area contributed by atoms with Gasteiger partial charge in [-0.2, -0.15) is 0 Å². The maximum absolute atomic E-state index is 10.3. The van der Waals surface area contributed by atoms with Gasteiger partial charge in [0.15, 0.2) is 0 Å². The van der Waals surface area contributed by atoms with Crippen LogP contribution < -0.4 is 11.3 Å². The molecule has 1 radical (unpaired) electrons. The Kier molecular flexibility index (Phi) is 2.77. The fourth-order valence-electron chi connectivity index (χ4n) is 0.844. The maximum Gasteiger partial charge on any atom is 0.223 e. The molecule has 0 bridgehead atoms. The second-order valence-electron chi connectivity index (χ2n) is 2.13. The molecule has 0 amide bonds. The smallest absolute Gasteiger partial charge is 0.223 e. The second kappa shape index (κ2) is 3.85. The second-order valence-corrected chi connectivity index (χ2v) is 2.13. The Balaban J connectivity index is 2.82. The summed E-state index contributed by atoms with van der Waals surface area (Å²) in [7, 11) is 0. The number of hydrogen-bond acceptors (Lipinski definition) is 3. The van der Waals surface area contributed by atoms with E-state index in [1.807, 2.05) is 30.3 Å². The van der Waals surface area contributed by atoms with E-state index in [2.05, 4.69) is 5.43 Å². The first-order valence-corrected chi connectivity index (χ1v) is 3.27. The molecule has 0 aliphatic rings. The molecule has 0 aliphatic carbocycles. The van der Waals surface area contributed by atoms with Gasteiger partial charge in [-0.15, -0.1) is 0 Å². The van der Waals surface area contributed by atoms with E-state index in [9.17, 15) is 4.79 Å². The van der Waals surface area contributed by atoms with Crippen LogP contribution in [0.25, 0.3) is 0 Å². The first-order valence-electron chi connectivity index (χ1n) is 3.27. The molecule has 0 heterocycles. The van der Waals surface area contributed by atoms with E-state index in [4.69, 9.17) is 5.84 Å². The topological polar surface area (TPSA) is 55.1 Å². The van der Waals surface area contributed by atoms with Gasteiger partial charge in [-0.05, 0) is 5.56 Å². The van der Waals surface area contributed by atoms with Gasteiger partial charge in [0, 0.05) is 0 Å². The highest BCUT2D eigenvalue weighted by Gasteiger charge is 2.06. The van der Waals surface area contributed by atoms with Crippen LogP contribution in [0, 0.1) is 0 Å². The number of nitrogens with two attached hydrogens (primary N) is 1. The van der Waals surface area contributed by atoms with Gasteiger partial charge in [0.25, 0.3) is 0 Å². The van der Waals surface area contributed by atoms with Crippen LogP contribution in [0.3, 0.4) is 0 Å². The average Bonchev–Trinajstić information content (AvgIpc) is 2.09. The first kappa shape index (κ1) is 7.91. The van der Waals surface area contributed by atoms with Crippen LogP contribution in [0.5, 0.6) is 0 Å². The fourth-order valence-corrected chi connectivity index (χ4v) is 0.844. The van der Waals surface area contributed by atoms with Gasteiger partial charge in [-0.1, -0.05) is 30.3 Å². The van der Waals surface area contributed by atoms with Crippen LogP contribution in [-0.4, -0.2) is 6.29 Å². The molecule has 0 aliphatic heterocycles. The van der Waals surface area contributed by atoms with Crippen LogP contribution in [0.4, 0.5) is 0 Å². The van der Waals surface area contributed by atoms with E-state index >= 15 is 0 Å². The van der Waals surface area contributed by atoms with Crippen LogP contribution in [0.2, 0.25) is 0 Å².